The van der Waals surface area contributed by atoms with E-state index < -0.39 is 17.3 Å². The highest BCUT2D eigenvalue weighted by Gasteiger charge is 2.13. The van der Waals surface area contributed by atoms with Crippen molar-refractivity contribution < 1.29 is 9.18 Å². The van der Waals surface area contributed by atoms with Gasteiger partial charge in [0.15, 0.2) is 0 Å². The first-order valence-corrected chi connectivity index (χ1v) is 7.88. The molecular weight excluding hydrogens is 331 g/mol. The zero-order valence-electron chi connectivity index (χ0n) is 12.4. The molecule has 2 heterocycles. The first kappa shape index (κ1) is 15.9. The van der Waals surface area contributed by atoms with Crippen molar-refractivity contribution in [3.63, 3.8) is 0 Å². The van der Waals surface area contributed by atoms with Crippen LogP contribution in [-0.4, -0.2) is 15.7 Å². The van der Waals surface area contributed by atoms with Gasteiger partial charge in [0.2, 0.25) is 5.91 Å². The molecule has 1 aromatic carbocycles. The standard InChI is InChI=1S/C16H13FN4O2S/c17-10-4-1-2-5-12(10)19-15(22)9-21-16(23)11(18)8-13(20-21)14-6-3-7-24-14/h1-8H,9,18H2,(H,19,22). The number of para-hydroxylation sites is 1. The van der Waals surface area contributed by atoms with Crippen LogP contribution >= 0.6 is 11.3 Å². The van der Waals surface area contributed by atoms with Gasteiger partial charge in [-0.1, -0.05) is 18.2 Å². The molecule has 1 amide bonds. The van der Waals surface area contributed by atoms with E-state index in [9.17, 15) is 14.0 Å². The molecule has 0 aliphatic heterocycles. The van der Waals surface area contributed by atoms with Gasteiger partial charge in [0.25, 0.3) is 5.56 Å². The molecule has 0 atom stereocenters. The number of rotatable bonds is 4. The first-order chi connectivity index (χ1) is 11.5. The molecule has 0 spiro atoms. The van der Waals surface area contributed by atoms with Crippen molar-refractivity contribution in [2.45, 2.75) is 6.54 Å². The van der Waals surface area contributed by atoms with Crippen molar-refractivity contribution >= 4 is 28.6 Å². The van der Waals surface area contributed by atoms with Crippen LogP contribution in [0.25, 0.3) is 10.6 Å². The van der Waals surface area contributed by atoms with Gasteiger partial charge in [-0.05, 0) is 29.6 Å². The average molecular weight is 344 g/mol. The summed E-state index contributed by atoms with van der Waals surface area (Å²) in [6.45, 7) is -0.365. The van der Waals surface area contributed by atoms with Crippen LogP contribution < -0.4 is 16.6 Å². The number of nitrogens with zero attached hydrogens (tertiary/aromatic N) is 2. The predicted octanol–water partition coefficient (Wildman–Crippen LogP) is 2.33. The lowest BCUT2D eigenvalue weighted by molar-refractivity contribution is -0.117. The van der Waals surface area contributed by atoms with Gasteiger partial charge in [0.05, 0.1) is 10.6 Å². The Labute approximate surface area is 140 Å². The molecule has 3 rings (SSSR count). The zero-order valence-corrected chi connectivity index (χ0v) is 13.2. The number of thiophene rings is 1. The lowest BCUT2D eigenvalue weighted by Crippen LogP contribution is -2.31. The lowest BCUT2D eigenvalue weighted by Gasteiger charge is -2.09. The van der Waals surface area contributed by atoms with Crippen molar-refractivity contribution in [1.29, 1.82) is 0 Å². The molecule has 24 heavy (non-hydrogen) atoms. The van der Waals surface area contributed by atoms with Crippen LogP contribution in [0.1, 0.15) is 0 Å². The Morgan fingerprint density at radius 3 is 2.79 bits per heavy atom. The Kier molecular flexibility index (Phi) is 4.39. The molecule has 0 aliphatic rings. The number of aromatic nitrogens is 2. The SMILES string of the molecule is Nc1cc(-c2cccs2)nn(CC(=O)Nc2ccccc2F)c1=O. The molecule has 0 aliphatic carbocycles. The van der Waals surface area contributed by atoms with E-state index in [0.29, 0.717) is 5.69 Å². The summed E-state index contributed by atoms with van der Waals surface area (Å²) in [5.74, 6) is -1.13. The summed E-state index contributed by atoms with van der Waals surface area (Å²) in [6.07, 6.45) is 0. The monoisotopic (exact) mass is 344 g/mol. The zero-order chi connectivity index (χ0) is 17.1. The van der Waals surface area contributed by atoms with E-state index in [1.54, 1.807) is 6.07 Å². The van der Waals surface area contributed by atoms with Gasteiger partial charge in [-0.2, -0.15) is 5.10 Å². The number of nitrogens with two attached hydrogens (primary N) is 1. The predicted molar refractivity (Wildman–Crippen MR) is 91.3 cm³/mol. The number of hydrogen-bond acceptors (Lipinski definition) is 5. The molecule has 122 valence electrons. The summed E-state index contributed by atoms with van der Waals surface area (Å²) < 4.78 is 14.5. The number of nitrogen functional groups attached to an aromatic ring is 1. The van der Waals surface area contributed by atoms with E-state index in [2.05, 4.69) is 10.4 Å². The van der Waals surface area contributed by atoms with Crippen LogP contribution in [-0.2, 0) is 11.3 Å². The molecule has 0 saturated carbocycles. The normalized spacial score (nSPS) is 10.5. The number of anilines is 2. The van der Waals surface area contributed by atoms with Gasteiger partial charge in [-0.15, -0.1) is 11.3 Å². The van der Waals surface area contributed by atoms with Crippen molar-refractivity contribution in [2.24, 2.45) is 0 Å². The Morgan fingerprint density at radius 1 is 1.29 bits per heavy atom. The summed E-state index contributed by atoms with van der Waals surface area (Å²) in [5.41, 5.74) is 5.68. The van der Waals surface area contributed by atoms with E-state index in [0.717, 1.165) is 9.56 Å². The summed E-state index contributed by atoms with van der Waals surface area (Å²) >= 11 is 1.44. The van der Waals surface area contributed by atoms with Gasteiger partial charge < -0.3 is 11.1 Å². The highest BCUT2D eigenvalue weighted by molar-refractivity contribution is 7.13. The fraction of sp³-hybridized carbons (Fsp3) is 0.0625. The number of halogens is 1. The highest BCUT2D eigenvalue weighted by atomic mass is 32.1. The Balaban J connectivity index is 1.85. The number of carbonyl (C=O) groups is 1. The van der Waals surface area contributed by atoms with Gasteiger partial charge >= 0.3 is 0 Å². The molecule has 3 N–H and O–H groups in total. The number of carbonyl (C=O) groups excluding carboxylic acids is 1. The minimum absolute atomic E-state index is 0.00732. The molecule has 0 saturated heterocycles. The molecular formula is C16H13FN4O2S. The first-order valence-electron chi connectivity index (χ1n) is 7.00. The maximum atomic E-state index is 13.6. The van der Waals surface area contributed by atoms with Crippen LogP contribution in [0.5, 0.6) is 0 Å². The summed E-state index contributed by atoms with van der Waals surface area (Å²) in [4.78, 5) is 25.0. The highest BCUT2D eigenvalue weighted by Crippen LogP contribution is 2.22. The Bertz CT molecular complexity index is 938. The minimum Gasteiger partial charge on any atom is -0.394 e. The molecule has 0 radical (unpaired) electrons. The van der Waals surface area contributed by atoms with E-state index in [4.69, 9.17) is 5.73 Å². The quantitative estimate of drug-likeness (QED) is 0.760. The second kappa shape index (κ2) is 6.63. The smallest absolute Gasteiger partial charge is 0.290 e. The molecule has 0 fully saturated rings. The Morgan fingerprint density at radius 2 is 2.08 bits per heavy atom. The number of amides is 1. The fourth-order valence-electron chi connectivity index (χ4n) is 2.10. The molecule has 0 bridgehead atoms. The van der Waals surface area contributed by atoms with Crippen LogP contribution in [0, 0.1) is 5.82 Å². The lowest BCUT2D eigenvalue weighted by atomic mass is 10.3. The third-order valence-corrected chi connectivity index (χ3v) is 4.11. The topological polar surface area (TPSA) is 90.0 Å². The molecule has 0 unspecified atom stereocenters. The van der Waals surface area contributed by atoms with E-state index in [-0.39, 0.29) is 17.9 Å². The summed E-state index contributed by atoms with van der Waals surface area (Å²) in [6, 6.07) is 10.9. The number of nitrogens with one attached hydrogen (secondary N) is 1. The number of hydrogen-bond donors (Lipinski definition) is 2. The van der Waals surface area contributed by atoms with E-state index >= 15 is 0 Å². The van der Waals surface area contributed by atoms with Gasteiger partial charge in [-0.25, -0.2) is 9.07 Å². The number of benzene rings is 1. The van der Waals surface area contributed by atoms with E-state index in [1.165, 1.54) is 35.6 Å². The Hall–Kier alpha value is -3.00. The minimum atomic E-state index is -0.572. The van der Waals surface area contributed by atoms with Crippen molar-refractivity contribution in [3.8, 4) is 10.6 Å². The third kappa shape index (κ3) is 3.33. The molecule has 3 aromatic rings. The second-order valence-corrected chi connectivity index (χ2v) is 5.90. The van der Waals surface area contributed by atoms with Gasteiger partial charge in [0, 0.05) is 0 Å². The van der Waals surface area contributed by atoms with Crippen molar-refractivity contribution in [2.75, 3.05) is 11.1 Å². The van der Waals surface area contributed by atoms with Gasteiger partial charge in [0.1, 0.15) is 23.7 Å². The van der Waals surface area contributed by atoms with Crippen LogP contribution in [0.15, 0.2) is 52.6 Å². The maximum Gasteiger partial charge on any atom is 0.290 e. The molecule has 8 heteroatoms. The summed E-state index contributed by atoms with van der Waals surface area (Å²) in [5, 5.41) is 8.44. The molecule has 2 aromatic heterocycles. The van der Waals surface area contributed by atoms with Crippen LogP contribution in [0.4, 0.5) is 15.8 Å². The second-order valence-electron chi connectivity index (χ2n) is 4.95. The van der Waals surface area contributed by atoms with Gasteiger partial charge in [-0.3, -0.25) is 9.59 Å². The van der Waals surface area contributed by atoms with Crippen molar-refractivity contribution in [3.05, 3.63) is 64.0 Å². The average Bonchev–Trinajstić information content (AvgIpc) is 3.08. The van der Waals surface area contributed by atoms with Crippen molar-refractivity contribution in [1.82, 2.24) is 9.78 Å². The molecule has 6 nitrogen and oxygen atoms in total. The van der Waals surface area contributed by atoms with Crippen LogP contribution in [0.2, 0.25) is 0 Å². The largest absolute Gasteiger partial charge is 0.394 e. The van der Waals surface area contributed by atoms with E-state index in [1.807, 2.05) is 17.5 Å². The fourth-order valence-corrected chi connectivity index (χ4v) is 2.78. The third-order valence-electron chi connectivity index (χ3n) is 3.22. The van der Waals surface area contributed by atoms with Crippen LogP contribution in [0.3, 0.4) is 0 Å². The maximum absolute atomic E-state index is 13.6. The summed E-state index contributed by atoms with van der Waals surface area (Å²) in [7, 11) is 0.